The van der Waals surface area contributed by atoms with Crippen molar-refractivity contribution < 1.29 is 4.39 Å². The summed E-state index contributed by atoms with van der Waals surface area (Å²) >= 11 is 10.9. The van der Waals surface area contributed by atoms with E-state index < -0.39 is 0 Å². The first kappa shape index (κ1) is 13.7. The average molecular weight is 347 g/mol. The maximum Gasteiger partial charge on any atom is 0.127 e. The van der Waals surface area contributed by atoms with Crippen LogP contribution >= 0.6 is 39.3 Å². The molecule has 18 heavy (non-hydrogen) atoms. The first-order chi connectivity index (χ1) is 8.56. The third-order valence-corrected chi connectivity index (χ3v) is 4.39. The lowest BCUT2D eigenvalue weighted by molar-refractivity contribution is 0.617. The molecule has 0 aliphatic carbocycles. The van der Waals surface area contributed by atoms with E-state index >= 15 is 0 Å². The number of nitrogen functional groups attached to an aromatic ring is 1. The molecule has 2 N–H and O–H groups in total. The number of halogens is 3. The summed E-state index contributed by atoms with van der Waals surface area (Å²) in [7, 11) is 0. The van der Waals surface area contributed by atoms with Gasteiger partial charge in [-0.1, -0.05) is 27.5 Å². The van der Waals surface area contributed by atoms with Gasteiger partial charge in [-0.05, 0) is 42.0 Å². The van der Waals surface area contributed by atoms with Crippen LogP contribution in [0.25, 0.3) is 0 Å². The lowest BCUT2D eigenvalue weighted by Crippen LogP contribution is -1.89. The van der Waals surface area contributed by atoms with Gasteiger partial charge in [0.15, 0.2) is 0 Å². The Labute approximate surface area is 123 Å². The number of thioether (sulfide) groups is 1. The number of rotatable bonds is 3. The number of hydrogen-bond acceptors (Lipinski definition) is 2. The number of nitrogens with two attached hydrogens (primary N) is 1. The van der Waals surface area contributed by atoms with E-state index in [4.69, 9.17) is 17.3 Å². The van der Waals surface area contributed by atoms with Crippen molar-refractivity contribution in [1.29, 1.82) is 0 Å². The van der Waals surface area contributed by atoms with E-state index in [1.165, 1.54) is 17.8 Å². The van der Waals surface area contributed by atoms with Gasteiger partial charge >= 0.3 is 0 Å². The molecular weight excluding hydrogens is 337 g/mol. The highest BCUT2D eigenvalue weighted by Crippen LogP contribution is 2.32. The smallest absolute Gasteiger partial charge is 0.127 e. The highest BCUT2D eigenvalue weighted by Gasteiger charge is 2.06. The van der Waals surface area contributed by atoms with Crippen LogP contribution in [0, 0.1) is 5.82 Å². The lowest BCUT2D eigenvalue weighted by Gasteiger charge is -2.06. The minimum absolute atomic E-state index is 0.211. The molecule has 0 saturated heterocycles. The molecule has 0 spiro atoms. The van der Waals surface area contributed by atoms with E-state index in [9.17, 15) is 4.39 Å². The van der Waals surface area contributed by atoms with Crippen LogP contribution in [0.15, 0.2) is 45.8 Å². The van der Waals surface area contributed by atoms with E-state index in [-0.39, 0.29) is 5.82 Å². The van der Waals surface area contributed by atoms with Gasteiger partial charge < -0.3 is 5.73 Å². The van der Waals surface area contributed by atoms with Gasteiger partial charge in [-0.2, -0.15) is 0 Å². The van der Waals surface area contributed by atoms with Crippen molar-refractivity contribution in [2.45, 2.75) is 10.6 Å². The SMILES string of the molecule is Nc1ccc(SCc2cc(Br)ccc2F)c(Cl)c1. The predicted octanol–water partition coefficient (Wildman–Crippen LogP) is 5.12. The monoisotopic (exact) mass is 345 g/mol. The zero-order valence-electron chi connectivity index (χ0n) is 9.29. The Morgan fingerprint density at radius 2 is 2.00 bits per heavy atom. The van der Waals surface area contributed by atoms with Gasteiger partial charge in [0.1, 0.15) is 5.82 Å². The molecule has 0 saturated carbocycles. The second kappa shape index (κ2) is 5.95. The molecule has 0 unspecified atom stereocenters. The molecule has 0 radical (unpaired) electrons. The van der Waals surface area contributed by atoms with Crippen LogP contribution in [0.1, 0.15) is 5.56 Å². The quantitative estimate of drug-likeness (QED) is 0.617. The predicted molar refractivity (Wildman–Crippen MR) is 79.5 cm³/mol. The fourth-order valence-electron chi connectivity index (χ4n) is 1.44. The molecule has 0 heterocycles. The zero-order valence-corrected chi connectivity index (χ0v) is 12.4. The normalized spacial score (nSPS) is 10.6. The Morgan fingerprint density at radius 3 is 2.72 bits per heavy atom. The molecular formula is C13H10BrClFNS. The number of benzene rings is 2. The van der Waals surface area contributed by atoms with Crippen LogP contribution in [0.4, 0.5) is 10.1 Å². The molecule has 0 bridgehead atoms. The van der Waals surface area contributed by atoms with Crippen LogP contribution in [0.2, 0.25) is 5.02 Å². The third kappa shape index (κ3) is 3.40. The summed E-state index contributed by atoms with van der Waals surface area (Å²) < 4.78 is 14.4. The van der Waals surface area contributed by atoms with Gasteiger partial charge in [0.2, 0.25) is 0 Å². The fraction of sp³-hybridized carbons (Fsp3) is 0.0769. The number of hydrogen-bond donors (Lipinski definition) is 1. The molecule has 0 atom stereocenters. The van der Waals surface area contributed by atoms with Crippen LogP contribution in [0.5, 0.6) is 0 Å². The summed E-state index contributed by atoms with van der Waals surface area (Å²) in [6.45, 7) is 0. The van der Waals surface area contributed by atoms with Crippen molar-refractivity contribution in [3.63, 3.8) is 0 Å². The van der Waals surface area contributed by atoms with Gasteiger partial charge in [0.05, 0.1) is 5.02 Å². The van der Waals surface area contributed by atoms with Gasteiger partial charge in [-0.25, -0.2) is 4.39 Å². The second-order valence-corrected chi connectivity index (χ2v) is 6.05. The summed E-state index contributed by atoms with van der Waals surface area (Å²) in [5.41, 5.74) is 6.88. The molecule has 0 aliphatic rings. The van der Waals surface area contributed by atoms with Crippen molar-refractivity contribution in [2.75, 3.05) is 5.73 Å². The average Bonchev–Trinajstić information content (AvgIpc) is 2.32. The first-order valence-corrected chi connectivity index (χ1v) is 7.33. The molecule has 5 heteroatoms. The summed E-state index contributed by atoms with van der Waals surface area (Å²) in [5.74, 6) is 0.312. The molecule has 0 fully saturated rings. The maximum absolute atomic E-state index is 13.5. The first-order valence-electron chi connectivity index (χ1n) is 5.18. The number of anilines is 1. The summed E-state index contributed by atoms with van der Waals surface area (Å²) in [5, 5.41) is 0.593. The van der Waals surface area contributed by atoms with Crippen molar-refractivity contribution >= 4 is 45.0 Å². The molecule has 2 rings (SSSR count). The van der Waals surface area contributed by atoms with Gasteiger partial charge in [0.25, 0.3) is 0 Å². The molecule has 1 nitrogen and oxygen atoms in total. The van der Waals surface area contributed by atoms with Crippen LogP contribution in [-0.4, -0.2) is 0 Å². The van der Waals surface area contributed by atoms with Crippen molar-refractivity contribution in [2.24, 2.45) is 0 Å². The topological polar surface area (TPSA) is 26.0 Å². The Kier molecular flexibility index (Phi) is 4.54. The molecule has 0 aromatic heterocycles. The Balaban J connectivity index is 2.13. The summed E-state index contributed by atoms with van der Waals surface area (Å²) in [6.07, 6.45) is 0. The maximum atomic E-state index is 13.5. The molecule has 94 valence electrons. The molecule has 2 aromatic rings. The Bertz CT molecular complexity index is 577. The zero-order chi connectivity index (χ0) is 13.1. The van der Waals surface area contributed by atoms with E-state index in [0.29, 0.717) is 22.0 Å². The Hall–Kier alpha value is -0.710. The van der Waals surface area contributed by atoms with Crippen LogP contribution in [-0.2, 0) is 5.75 Å². The van der Waals surface area contributed by atoms with E-state index in [1.54, 1.807) is 24.3 Å². The highest BCUT2D eigenvalue weighted by atomic mass is 79.9. The van der Waals surface area contributed by atoms with Gasteiger partial charge in [-0.3, -0.25) is 0 Å². The second-order valence-electron chi connectivity index (χ2n) is 3.71. The molecule has 0 amide bonds. The lowest BCUT2D eigenvalue weighted by atomic mass is 10.2. The molecule has 2 aromatic carbocycles. The standard InChI is InChI=1S/C13H10BrClFNS/c14-9-1-3-12(16)8(5-9)7-18-13-4-2-10(17)6-11(13)15/h1-6H,7,17H2. The van der Waals surface area contributed by atoms with Crippen LogP contribution < -0.4 is 5.73 Å². The van der Waals surface area contributed by atoms with E-state index in [0.717, 1.165) is 9.37 Å². The van der Waals surface area contributed by atoms with Crippen LogP contribution in [0.3, 0.4) is 0 Å². The van der Waals surface area contributed by atoms with Crippen molar-refractivity contribution in [3.05, 3.63) is 57.3 Å². The Morgan fingerprint density at radius 1 is 1.22 bits per heavy atom. The van der Waals surface area contributed by atoms with Crippen molar-refractivity contribution in [1.82, 2.24) is 0 Å². The van der Waals surface area contributed by atoms with E-state index in [2.05, 4.69) is 15.9 Å². The largest absolute Gasteiger partial charge is 0.399 e. The third-order valence-electron chi connectivity index (χ3n) is 2.35. The highest BCUT2D eigenvalue weighted by molar-refractivity contribution is 9.10. The summed E-state index contributed by atoms with van der Waals surface area (Å²) in [4.78, 5) is 0.894. The minimum Gasteiger partial charge on any atom is -0.399 e. The fourth-order valence-corrected chi connectivity index (χ4v) is 3.10. The van der Waals surface area contributed by atoms with E-state index in [1.807, 2.05) is 6.07 Å². The molecule has 0 aliphatic heterocycles. The van der Waals surface area contributed by atoms with Gasteiger partial charge in [-0.15, -0.1) is 11.8 Å². The van der Waals surface area contributed by atoms with Gasteiger partial charge in [0, 0.05) is 20.8 Å². The minimum atomic E-state index is -0.211. The summed E-state index contributed by atoms with van der Waals surface area (Å²) in [6, 6.07) is 10.2. The van der Waals surface area contributed by atoms with Crippen molar-refractivity contribution in [3.8, 4) is 0 Å².